The van der Waals surface area contributed by atoms with Crippen molar-refractivity contribution in [1.82, 2.24) is 4.90 Å². The molecule has 0 fully saturated rings. The van der Waals surface area contributed by atoms with Crippen LogP contribution in [-0.2, 0) is 4.79 Å². The van der Waals surface area contributed by atoms with E-state index in [2.05, 4.69) is 4.99 Å². The molecule has 1 aromatic heterocycles. The number of nitrogens with zero attached hydrogens (tertiary/aromatic N) is 2. The average Bonchev–Trinajstić information content (AvgIpc) is 2.97. The molecule has 1 aliphatic heterocycles. The Balaban J connectivity index is 2.05. The minimum atomic E-state index is 0.0355. The van der Waals surface area contributed by atoms with Crippen molar-refractivity contribution in [2.45, 2.75) is 20.3 Å². The molecule has 0 aromatic carbocycles. The summed E-state index contributed by atoms with van der Waals surface area (Å²) in [6, 6.07) is 3.72. The molecule has 2 heterocycles. The molecule has 0 saturated carbocycles. The van der Waals surface area contributed by atoms with E-state index >= 15 is 0 Å². The normalized spacial score (nSPS) is 16.2. The molecular formula is C19H22N2O2. The number of carbonyl (C=O) groups is 1. The largest absolute Gasteiger partial charge is 0.465 e. The zero-order valence-electron chi connectivity index (χ0n) is 13.6. The van der Waals surface area contributed by atoms with Crippen molar-refractivity contribution < 1.29 is 9.21 Å². The number of hydrogen-bond donors (Lipinski definition) is 0. The molecule has 0 saturated heterocycles. The van der Waals surface area contributed by atoms with Crippen molar-refractivity contribution in [3.63, 3.8) is 0 Å². The van der Waals surface area contributed by atoms with Crippen molar-refractivity contribution in [2.24, 2.45) is 4.99 Å². The number of allylic oxidation sites excluding steroid dienone is 5. The lowest BCUT2D eigenvalue weighted by Gasteiger charge is -2.17. The molecule has 0 radical (unpaired) electrons. The van der Waals surface area contributed by atoms with E-state index in [0.717, 1.165) is 17.0 Å². The molecule has 1 aliphatic rings. The molecule has 120 valence electrons. The molecule has 2 rings (SSSR count). The summed E-state index contributed by atoms with van der Waals surface area (Å²) in [5.74, 6) is 0.814. The third-order valence-corrected chi connectivity index (χ3v) is 3.43. The number of rotatable bonds is 5. The molecule has 1 amide bonds. The van der Waals surface area contributed by atoms with Gasteiger partial charge < -0.3 is 9.32 Å². The van der Waals surface area contributed by atoms with Gasteiger partial charge in [-0.3, -0.25) is 9.79 Å². The summed E-state index contributed by atoms with van der Waals surface area (Å²) in [5.41, 5.74) is 1.62. The molecule has 0 atom stereocenters. The summed E-state index contributed by atoms with van der Waals surface area (Å²) >= 11 is 0. The Morgan fingerprint density at radius 1 is 1.43 bits per heavy atom. The molecule has 0 aliphatic carbocycles. The fourth-order valence-electron chi connectivity index (χ4n) is 2.15. The van der Waals surface area contributed by atoms with Crippen LogP contribution in [0.4, 0.5) is 0 Å². The third kappa shape index (κ3) is 4.95. The topological polar surface area (TPSA) is 45.8 Å². The fourth-order valence-corrected chi connectivity index (χ4v) is 2.15. The Kier molecular flexibility index (Phi) is 6.36. The maximum Gasteiger partial charge on any atom is 0.253 e. The highest BCUT2D eigenvalue weighted by Crippen LogP contribution is 2.10. The van der Waals surface area contributed by atoms with Crippen molar-refractivity contribution >= 4 is 17.7 Å². The van der Waals surface area contributed by atoms with Crippen LogP contribution in [0, 0.1) is 0 Å². The van der Waals surface area contributed by atoms with Gasteiger partial charge in [0.25, 0.3) is 5.91 Å². The van der Waals surface area contributed by atoms with Crippen LogP contribution in [-0.4, -0.2) is 29.6 Å². The summed E-state index contributed by atoms with van der Waals surface area (Å²) in [6.45, 7) is 5.09. The molecule has 0 N–H and O–H groups in total. The van der Waals surface area contributed by atoms with E-state index < -0.39 is 0 Å². The van der Waals surface area contributed by atoms with Crippen LogP contribution in [0.1, 0.15) is 26.0 Å². The first-order valence-corrected chi connectivity index (χ1v) is 7.81. The van der Waals surface area contributed by atoms with Crippen LogP contribution in [0.2, 0.25) is 0 Å². The van der Waals surface area contributed by atoms with Crippen LogP contribution >= 0.6 is 0 Å². The molecule has 0 unspecified atom stereocenters. The standard InChI is InChI=1S/C19H22N2O2/c1-3-5-7-16(4-2)19(22)21-13-11-17(20-12-14-21)9-10-18-8-6-15-23-18/h3,5-11,13,15H,4,12,14H2,1-2H3/b5-3-,10-9+,16-7+. The molecule has 0 spiro atoms. The van der Waals surface area contributed by atoms with Crippen molar-refractivity contribution in [1.29, 1.82) is 0 Å². The minimum Gasteiger partial charge on any atom is -0.465 e. The molecule has 4 nitrogen and oxygen atoms in total. The van der Waals surface area contributed by atoms with Crippen LogP contribution in [0.5, 0.6) is 0 Å². The van der Waals surface area contributed by atoms with E-state index in [-0.39, 0.29) is 5.91 Å². The van der Waals surface area contributed by atoms with E-state index in [1.807, 2.05) is 62.4 Å². The van der Waals surface area contributed by atoms with Crippen LogP contribution in [0.15, 0.2) is 70.0 Å². The fraction of sp³-hybridized carbons (Fsp3) is 0.263. The number of furan rings is 1. The number of aliphatic imine (C=N–C) groups is 1. The van der Waals surface area contributed by atoms with Crippen LogP contribution < -0.4 is 0 Å². The smallest absolute Gasteiger partial charge is 0.253 e. The summed E-state index contributed by atoms with van der Waals surface area (Å²) in [5, 5.41) is 0. The Hall–Kier alpha value is -2.62. The second kappa shape index (κ2) is 8.73. The Bertz CT molecular complexity index is 662. The number of amides is 1. The number of carbonyl (C=O) groups excluding carboxylic acids is 1. The summed E-state index contributed by atoms with van der Waals surface area (Å²) in [7, 11) is 0. The van der Waals surface area contributed by atoms with Gasteiger partial charge in [-0.05, 0) is 43.7 Å². The van der Waals surface area contributed by atoms with Gasteiger partial charge in [0.05, 0.1) is 18.5 Å². The first-order chi connectivity index (χ1) is 11.2. The molecule has 0 bridgehead atoms. The van der Waals surface area contributed by atoms with Gasteiger partial charge in [-0.1, -0.05) is 25.2 Å². The van der Waals surface area contributed by atoms with Crippen LogP contribution in [0.25, 0.3) is 6.08 Å². The molecule has 4 heteroatoms. The van der Waals surface area contributed by atoms with Crippen LogP contribution in [0.3, 0.4) is 0 Å². The summed E-state index contributed by atoms with van der Waals surface area (Å²) in [4.78, 5) is 18.7. The Morgan fingerprint density at radius 2 is 2.30 bits per heavy atom. The lowest BCUT2D eigenvalue weighted by molar-refractivity contribution is -0.124. The monoisotopic (exact) mass is 310 g/mol. The maximum absolute atomic E-state index is 12.5. The molecule has 1 aromatic rings. The zero-order chi connectivity index (χ0) is 16.5. The van der Waals surface area contributed by atoms with Crippen molar-refractivity contribution in [3.05, 3.63) is 66.3 Å². The van der Waals surface area contributed by atoms with Gasteiger partial charge >= 0.3 is 0 Å². The Morgan fingerprint density at radius 3 is 3.00 bits per heavy atom. The van der Waals surface area contributed by atoms with E-state index in [9.17, 15) is 4.79 Å². The van der Waals surface area contributed by atoms with E-state index in [1.165, 1.54) is 0 Å². The third-order valence-electron chi connectivity index (χ3n) is 3.43. The van der Waals surface area contributed by atoms with E-state index in [4.69, 9.17) is 4.42 Å². The minimum absolute atomic E-state index is 0.0355. The van der Waals surface area contributed by atoms with Gasteiger partial charge in [0, 0.05) is 18.3 Å². The molecule has 23 heavy (non-hydrogen) atoms. The SMILES string of the molecule is C/C=C\C=C(/CC)C(=O)N1C=CC(/C=C/c2ccco2)=NCC1. The second-order valence-corrected chi connectivity index (χ2v) is 5.04. The summed E-state index contributed by atoms with van der Waals surface area (Å²) in [6.07, 6.45) is 15.4. The van der Waals surface area contributed by atoms with E-state index in [0.29, 0.717) is 19.5 Å². The van der Waals surface area contributed by atoms with Gasteiger partial charge in [-0.15, -0.1) is 0 Å². The highest BCUT2D eigenvalue weighted by atomic mass is 16.3. The first kappa shape index (κ1) is 16.7. The van der Waals surface area contributed by atoms with Gasteiger partial charge in [0.1, 0.15) is 5.76 Å². The van der Waals surface area contributed by atoms with Gasteiger partial charge in [0.15, 0.2) is 0 Å². The highest BCUT2D eigenvalue weighted by Gasteiger charge is 2.15. The lowest BCUT2D eigenvalue weighted by Crippen LogP contribution is -2.28. The maximum atomic E-state index is 12.5. The quantitative estimate of drug-likeness (QED) is 0.609. The van der Waals surface area contributed by atoms with Gasteiger partial charge in [0.2, 0.25) is 0 Å². The number of hydrogen-bond acceptors (Lipinski definition) is 3. The average molecular weight is 310 g/mol. The predicted molar refractivity (Wildman–Crippen MR) is 94.1 cm³/mol. The Labute approximate surface area is 137 Å². The lowest BCUT2D eigenvalue weighted by atomic mass is 10.1. The zero-order valence-corrected chi connectivity index (χ0v) is 13.6. The highest BCUT2D eigenvalue weighted by molar-refractivity contribution is 6.07. The van der Waals surface area contributed by atoms with Crippen molar-refractivity contribution in [3.8, 4) is 0 Å². The molecular weight excluding hydrogens is 288 g/mol. The van der Waals surface area contributed by atoms with Gasteiger partial charge in [-0.25, -0.2) is 0 Å². The van der Waals surface area contributed by atoms with E-state index in [1.54, 1.807) is 17.4 Å². The second-order valence-electron chi connectivity index (χ2n) is 5.04. The van der Waals surface area contributed by atoms with Gasteiger partial charge in [-0.2, -0.15) is 0 Å². The predicted octanol–water partition coefficient (Wildman–Crippen LogP) is 4.00. The summed E-state index contributed by atoms with van der Waals surface area (Å²) < 4.78 is 5.25. The van der Waals surface area contributed by atoms with Crippen molar-refractivity contribution in [2.75, 3.05) is 13.1 Å². The first-order valence-electron chi connectivity index (χ1n) is 7.81.